The van der Waals surface area contributed by atoms with E-state index in [1.165, 1.54) is 13.2 Å². The van der Waals surface area contributed by atoms with Crippen LogP contribution in [0.15, 0.2) is 30.3 Å². The summed E-state index contributed by atoms with van der Waals surface area (Å²) >= 11 is 5.93. The summed E-state index contributed by atoms with van der Waals surface area (Å²) in [4.78, 5) is 11.5. The van der Waals surface area contributed by atoms with E-state index in [9.17, 15) is 4.39 Å². The second kappa shape index (κ2) is 4.51. The van der Waals surface area contributed by atoms with E-state index in [1.54, 1.807) is 24.3 Å². The summed E-state index contributed by atoms with van der Waals surface area (Å²) in [6, 6.07) is 8.09. The first-order chi connectivity index (χ1) is 9.19. The van der Waals surface area contributed by atoms with Gasteiger partial charge in [0.2, 0.25) is 5.88 Å². The highest BCUT2D eigenvalue weighted by atomic mass is 35.5. The number of methoxy groups -OCH3 is 1. The van der Waals surface area contributed by atoms with Gasteiger partial charge in [0.15, 0.2) is 5.65 Å². The van der Waals surface area contributed by atoms with Crippen LogP contribution in [0.1, 0.15) is 0 Å². The summed E-state index contributed by atoms with van der Waals surface area (Å²) in [5, 5.41) is 0.0357. The molecule has 0 aliphatic carbocycles. The Labute approximate surface area is 113 Å². The van der Waals surface area contributed by atoms with Crippen LogP contribution in [0.4, 0.5) is 4.39 Å². The number of aromatic amines is 1. The molecule has 0 aliphatic rings. The van der Waals surface area contributed by atoms with Gasteiger partial charge < -0.3 is 9.72 Å². The molecule has 1 N–H and O–H groups in total. The first kappa shape index (κ1) is 11.9. The van der Waals surface area contributed by atoms with E-state index in [-0.39, 0.29) is 5.02 Å². The largest absolute Gasteiger partial charge is 0.481 e. The standard InChI is InChI=1S/C13H9ClFN3O/c1-19-10-6-5-9-13(17-10)18-12(16-9)7-3-2-4-8(15)11(7)14/h2-6H,1H3,(H,16,17,18). The van der Waals surface area contributed by atoms with E-state index in [0.717, 1.165) is 5.52 Å². The first-order valence-electron chi connectivity index (χ1n) is 5.54. The normalized spacial score (nSPS) is 10.9. The van der Waals surface area contributed by atoms with Gasteiger partial charge in [-0.2, -0.15) is 4.98 Å². The Morgan fingerprint density at radius 2 is 2.05 bits per heavy atom. The molecule has 0 unspecified atom stereocenters. The highest BCUT2D eigenvalue weighted by molar-refractivity contribution is 6.33. The van der Waals surface area contributed by atoms with Crippen LogP contribution in [0, 0.1) is 5.82 Å². The maximum Gasteiger partial charge on any atom is 0.215 e. The highest BCUT2D eigenvalue weighted by Gasteiger charge is 2.12. The zero-order valence-corrected chi connectivity index (χ0v) is 10.7. The van der Waals surface area contributed by atoms with Crippen molar-refractivity contribution in [1.29, 1.82) is 0 Å². The number of aromatic nitrogens is 3. The van der Waals surface area contributed by atoms with Gasteiger partial charge in [0.1, 0.15) is 11.6 Å². The molecule has 1 aromatic carbocycles. The van der Waals surface area contributed by atoms with Crippen molar-refractivity contribution < 1.29 is 9.13 Å². The van der Waals surface area contributed by atoms with Crippen molar-refractivity contribution in [2.75, 3.05) is 7.11 Å². The van der Waals surface area contributed by atoms with E-state index in [0.29, 0.717) is 22.9 Å². The summed E-state index contributed by atoms with van der Waals surface area (Å²) in [7, 11) is 1.53. The molecule has 0 aliphatic heterocycles. The number of H-pyrrole nitrogens is 1. The number of ether oxygens (including phenoxy) is 1. The Kier molecular flexibility index (Phi) is 2.83. The molecular weight excluding hydrogens is 269 g/mol. The molecule has 0 spiro atoms. The Hall–Kier alpha value is -2.14. The molecule has 2 heterocycles. The molecule has 0 saturated carbocycles. The van der Waals surface area contributed by atoms with Crippen LogP contribution in [0.3, 0.4) is 0 Å². The molecule has 96 valence electrons. The number of fused-ring (bicyclic) bond motifs is 1. The molecule has 4 nitrogen and oxygen atoms in total. The van der Waals surface area contributed by atoms with Crippen molar-refractivity contribution in [2.45, 2.75) is 0 Å². The molecule has 19 heavy (non-hydrogen) atoms. The number of imidazole rings is 1. The third kappa shape index (κ3) is 2.02. The predicted octanol–water partition coefficient (Wildman–Crippen LogP) is 3.43. The van der Waals surface area contributed by atoms with Crippen molar-refractivity contribution in [3.63, 3.8) is 0 Å². The zero-order valence-electron chi connectivity index (χ0n) is 9.95. The van der Waals surface area contributed by atoms with E-state index in [1.807, 2.05) is 0 Å². The molecule has 2 aromatic heterocycles. The summed E-state index contributed by atoms with van der Waals surface area (Å²) in [5.41, 5.74) is 1.73. The first-order valence-corrected chi connectivity index (χ1v) is 5.92. The average Bonchev–Trinajstić information content (AvgIpc) is 2.84. The SMILES string of the molecule is COc1ccc2[nH]c(-c3cccc(F)c3Cl)nc2n1. The lowest BCUT2D eigenvalue weighted by atomic mass is 10.2. The molecule has 3 rings (SSSR count). The topological polar surface area (TPSA) is 50.8 Å². The van der Waals surface area contributed by atoms with E-state index in [2.05, 4.69) is 15.0 Å². The van der Waals surface area contributed by atoms with Crippen molar-refractivity contribution in [3.05, 3.63) is 41.2 Å². The van der Waals surface area contributed by atoms with Crippen LogP contribution < -0.4 is 4.74 Å². The number of hydrogen-bond acceptors (Lipinski definition) is 3. The Morgan fingerprint density at radius 3 is 2.84 bits per heavy atom. The highest BCUT2D eigenvalue weighted by Crippen LogP contribution is 2.29. The van der Waals surface area contributed by atoms with E-state index < -0.39 is 5.82 Å². The number of benzene rings is 1. The lowest BCUT2D eigenvalue weighted by molar-refractivity contribution is 0.399. The second-order valence-electron chi connectivity index (χ2n) is 3.91. The van der Waals surface area contributed by atoms with E-state index >= 15 is 0 Å². The number of hydrogen-bond donors (Lipinski definition) is 1. The number of pyridine rings is 1. The third-order valence-corrected chi connectivity index (χ3v) is 3.12. The van der Waals surface area contributed by atoms with Gasteiger partial charge in [0, 0.05) is 11.6 Å². The van der Waals surface area contributed by atoms with Crippen LogP contribution >= 0.6 is 11.6 Å². The molecule has 0 bridgehead atoms. The summed E-state index contributed by atoms with van der Waals surface area (Å²) in [6.07, 6.45) is 0. The average molecular weight is 278 g/mol. The quantitative estimate of drug-likeness (QED) is 0.781. The zero-order chi connectivity index (χ0) is 13.4. The van der Waals surface area contributed by atoms with Crippen molar-refractivity contribution >= 4 is 22.8 Å². The van der Waals surface area contributed by atoms with Gasteiger partial charge in [-0.25, -0.2) is 9.37 Å². The van der Waals surface area contributed by atoms with Crippen LogP contribution in [-0.4, -0.2) is 22.1 Å². The number of nitrogens with zero attached hydrogens (tertiary/aromatic N) is 2. The van der Waals surface area contributed by atoms with Gasteiger partial charge in [-0.3, -0.25) is 0 Å². The molecule has 0 fully saturated rings. The Morgan fingerprint density at radius 1 is 1.21 bits per heavy atom. The predicted molar refractivity (Wildman–Crippen MR) is 70.8 cm³/mol. The molecule has 3 aromatic rings. The van der Waals surface area contributed by atoms with Crippen LogP contribution in [0.5, 0.6) is 5.88 Å². The van der Waals surface area contributed by atoms with Gasteiger partial charge in [0.05, 0.1) is 17.6 Å². The second-order valence-corrected chi connectivity index (χ2v) is 4.29. The van der Waals surface area contributed by atoms with Gasteiger partial charge in [-0.15, -0.1) is 0 Å². The fraction of sp³-hybridized carbons (Fsp3) is 0.0769. The number of nitrogens with one attached hydrogen (secondary N) is 1. The van der Waals surface area contributed by atoms with Gasteiger partial charge in [-0.1, -0.05) is 17.7 Å². The fourth-order valence-electron chi connectivity index (χ4n) is 1.80. The smallest absolute Gasteiger partial charge is 0.215 e. The minimum absolute atomic E-state index is 0.0357. The molecular formula is C13H9ClFN3O. The number of rotatable bonds is 2. The maximum atomic E-state index is 13.4. The van der Waals surface area contributed by atoms with Crippen LogP contribution in [0.25, 0.3) is 22.6 Å². The summed E-state index contributed by atoms with van der Waals surface area (Å²) in [5.74, 6) is 0.460. The van der Waals surface area contributed by atoms with Gasteiger partial charge in [-0.05, 0) is 18.2 Å². The van der Waals surface area contributed by atoms with Crippen molar-refractivity contribution in [1.82, 2.24) is 15.0 Å². The van der Waals surface area contributed by atoms with Crippen molar-refractivity contribution in [3.8, 4) is 17.3 Å². The molecule has 0 saturated heterocycles. The van der Waals surface area contributed by atoms with Crippen molar-refractivity contribution in [2.24, 2.45) is 0 Å². The molecule has 0 radical (unpaired) electrons. The maximum absolute atomic E-state index is 13.4. The Bertz CT molecular complexity index is 757. The third-order valence-electron chi connectivity index (χ3n) is 2.74. The molecule has 6 heteroatoms. The minimum atomic E-state index is -0.481. The Balaban J connectivity index is 2.18. The van der Waals surface area contributed by atoms with Crippen LogP contribution in [0.2, 0.25) is 5.02 Å². The van der Waals surface area contributed by atoms with E-state index in [4.69, 9.17) is 16.3 Å². The van der Waals surface area contributed by atoms with Crippen LogP contribution in [-0.2, 0) is 0 Å². The monoisotopic (exact) mass is 277 g/mol. The minimum Gasteiger partial charge on any atom is -0.481 e. The fourth-order valence-corrected chi connectivity index (χ4v) is 2.02. The number of halogens is 2. The molecule has 0 atom stereocenters. The lowest BCUT2D eigenvalue weighted by Crippen LogP contribution is -1.87. The lowest BCUT2D eigenvalue weighted by Gasteiger charge is -2.00. The van der Waals surface area contributed by atoms with Gasteiger partial charge >= 0.3 is 0 Å². The van der Waals surface area contributed by atoms with Gasteiger partial charge in [0.25, 0.3) is 0 Å². The summed E-state index contributed by atoms with van der Waals surface area (Å²) < 4.78 is 18.5. The summed E-state index contributed by atoms with van der Waals surface area (Å²) in [6.45, 7) is 0. The molecule has 0 amide bonds.